The van der Waals surface area contributed by atoms with Crippen molar-refractivity contribution in [1.82, 2.24) is 4.98 Å². The Hall–Kier alpha value is -3.42. The number of nitrogens with zero attached hydrogens (tertiary/aromatic N) is 2. The molecular formula is C22H25N3O5. The molecule has 1 aliphatic heterocycles. The molecule has 2 aromatic rings. The van der Waals surface area contributed by atoms with Crippen molar-refractivity contribution in [2.75, 3.05) is 23.4 Å². The highest BCUT2D eigenvalue weighted by Gasteiger charge is 2.33. The molecule has 1 aromatic heterocycles. The zero-order valence-electron chi connectivity index (χ0n) is 17.3. The molecule has 2 amide bonds. The van der Waals surface area contributed by atoms with Crippen molar-refractivity contribution < 1.29 is 23.9 Å². The number of hydrogen-bond acceptors (Lipinski definition) is 6. The first-order valence-corrected chi connectivity index (χ1v) is 9.97. The van der Waals surface area contributed by atoms with Gasteiger partial charge in [-0.05, 0) is 50.6 Å². The first kappa shape index (κ1) is 21.3. The van der Waals surface area contributed by atoms with Crippen LogP contribution in [0.15, 0.2) is 36.5 Å². The van der Waals surface area contributed by atoms with Gasteiger partial charge in [-0.2, -0.15) is 0 Å². The lowest BCUT2D eigenvalue weighted by molar-refractivity contribution is -0.127. The first-order valence-electron chi connectivity index (χ1n) is 9.97. The average Bonchev–Trinajstić information content (AvgIpc) is 2.73. The van der Waals surface area contributed by atoms with Gasteiger partial charge >= 0.3 is 0 Å². The van der Waals surface area contributed by atoms with Crippen LogP contribution in [0.4, 0.5) is 11.5 Å². The summed E-state index contributed by atoms with van der Waals surface area (Å²) >= 11 is 0. The lowest BCUT2D eigenvalue weighted by Crippen LogP contribution is -2.47. The topological polar surface area (TPSA) is 97.8 Å². The van der Waals surface area contributed by atoms with Crippen LogP contribution in [0, 0.1) is 0 Å². The Morgan fingerprint density at radius 3 is 2.80 bits per heavy atom. The van der Waals surface area contributed by atoms with Gasteiger partial charge in [-0.25, -0.2) is 4.98 Å². The van der Waals surface area contributed by atoms with Gasteiger partial charge in [-0.1, -0.05) is 6.92 Å². The van der Waals surface area contributed by atoms with Crippen LogP contribution in [0.1, 0.15) is 44.0 Å². The van der Waals surface area contributed by atoms with Crippen molar-refractivity contribution in [2.24, 2.45) is 0 Å². The number of Topliss-reactive ketones (excluding diaryl/α,β-unsaturated/α-hetero) is 1. The first-order chi connectivity index (χ1) is 14.4. The minimum Gasteiger partial charge on any atom is -0.490 e. The number of anilines is 2. The Labute approximate surface area is 175 Å². The van der Waals surface area contributed by atoms with Crippen LogP contribution >= 0.6 is 0 Å². The van der Waals surface area contributed by atoms with E-state index >= 15 is 0 Å². The Kier molecular flexibility index (Phi) is 6.66. The highest BCUT2D eigenvalue weighted by atomic mass is 16.5. The number of fused-ring (bicyclic) bond motifs is 1. The molecule has 30 heavy (non-hydrogen) atoms. The fourth-order valence-electron chi connectivity index (χ4n) is 3.19. The predicted octanol–water partition coefficient (Wildman–Crippen LogP) is 3.22. The zero-order chi connectivity index (χ0) is 21.7. The van der Waals surface area contributed by atoms with E-state index in [-0.39, 0.29) is 24.1 Å². The van der Waals surface area contributed by atoms with Gasteiger partial charge in [0.05, 0.1) is 12.3 Å². The lowest BCUT2D eigenvalue weighted by atomic mass is 10.0. The molecule has 1 aliphatic rings. The van der Waals surface area contributed by atoms with Gasteiger partial charge in [0.2, 0.25) is 5.91 Å². The van der Waals surface area contributed by atoms with E-state index in [1.807, 2.05) is 13.8 Å². The number of hydrogen-bond donors (Lipinski definition) is 1. The summed E-state index contributed by atoms with van der Waals surface area (Å²) < 4.78 is 11.1. The summed E-state index contributed by atoms with van der Waals surface area (Å²) in [4.78, 5) is 43.2. The van der Waals surface area contributed by atoms with Crippen LogP contribution in [0.5, 0.6) is 11.5 Å². The molecule has 0 saturated heterocycles. The third-order valence-electron chi connectivity index (χ3n) is 4.60. The van der Waals surface area contributed by atoms with Gasteiger partial charge in [-0.15, -0.1) is 0 Å². The SMILES string of the molecule is CCCC(=O)c1ccc2c(c1)N(CC(=O)Nc1ncccc1OCC)C(=O)C(C)O2. The number of aromatic nitrogens is 1. The van der Waals surface area contributed by atoms with Gasteiger partial charge < -0.3 is 14.8 Å². The number of pyridine rings is 1. The van der Waals surface area contributed by atoms with Crippen LogP contribution in [0.25, 0.3) is 0 Å². The summed E-state index contributed by atoms with van der Waals surface area (Å²) in [6, 6.07) is 8.36. The van der Waals surface area contributed by atoms with Gasteiger partial charge in [0.25, 0.3) is 5.91 Å². The maximum absolute atomic E-state index is 12.7. The molecule has 0 aliphatic carbocycles. The summed E-state index contributed by atoms with van der Waals surface area (Å²) in [5.41, 5.74) is 0.886. The van der Waals surface area contributed by atoms with Crippen LogP contribution in [0.3, 0.4) is 0 Å². The minimum absolute atomic E-state index is 0.0226. The largest absolute Gasteiger partial charge is 0.490 e. The summed E-state index contributed by atoms with van der Waals surface area (Å²) in [5, 5.41) is 2.69. The van der Waals surface area contributed by atoms with Gasteiger partial charge in [0.15, 0.2) is 23.5 Å². The third kappa shape index (κ3) is 4.59. The van der Waals surface area contributed by atoms with Crippen molar-refractivity contribution in [2.45, 2.75) is 39.7 Å². The van der Waals surface area contributed by atoms with E-state index in [1.165, 1.54) is 4.90 Å². The molecule has 3 rings (SSSR count). The van der Waals surface area contributed by atoms with E-state index in [1.54, 1.807) is 43.5 Å². The maximum Gasteiger partial charge on any atom is 0.268 e. The zero-order valence-corrected chi connectivity index (χ0v) is 17.3. The van der Waals surface area contributed by atoms with Gasteiger partial charge in [0, 0.05) is 18.2 Å². The molecule has 0 radical (unpaired) electrons. The second kappa shape index (κ2) is 9.39. The molecule has 0 bridgehead atoms. The van der Waals surface area contributed by atoms with E-state index in [9.17, 15) is 14.4 Å². The van der Waals surface area contributed by atoms with Crippen molar-refractivity contribution in [1.29, 1.82) is 0 Å². The van der Waals surface area contributed by atoms with Gasteiger partial charge in [-0.3, -0.25) is 19.3 Å². The Bertz CT molecular complexity index is 960. The number of ether oxygens (including phenoxy) is 2. The van der Waals surface area contributed by atoms with Crippen molar-refractivity contribution in [3.8, 4) is 11.5 Å². The number of rotatable bonds is 8. The summed E-state index contributed by atoms with van der Waals surface area (Å²) in [5.74, 6) is 0.367. The second-order valence-corrected chi connectivity index (χ2v) is 6.87. The number of benzene rings is 1. The highest BCUT2D eigenvalue weighted by molar-refractivity contribution is 6.07. The fraction of sp³-hybridized carbons (Fsp3) is 0.364. The number of amides is 2. The van der Waals surface area contributed by atoms with Crippen molar-refractivity contribution in [3.63, 3.8) is 0 Å². The predicted molar refractivity (Wildman–Crippen MR) is 112 cm³/mol. The Morgan fingerprint density at radius 1 is 1.27 bits per heavy atom. The monoisotopic (exact) mass is 411 g/mol. The molecule has 0 saturated carbocycles. The van der Waals surface area contributed by atoms with E-state index < -0.39 is 12.0 Å². The molecule has 2 heterocycles. The number of carbonyl (C=O) groups is 3. The summed E-state index contributed by atoms with van der Waals surface area (Å²) in [6.07, 6.45) is 1.93. The quantitative estimate of drug-likeness (QED) is 0.670. The minimum atomic E-state index is -0.740. The molecule has 0 spiro atoms. The van der Waals surface area contributed by atoms with Crippen molar-refractivity contribution in [3.05, 3.63) is 42.1 Å². The molecule has 1 unspecified atom stereocenters. The highest BCUT2D eigenvalue weighted by Crippen LogP contribution is 2.35. The summed E-state index contributed by atoms with van der Waals surface area (Å²) in [6.45, 7) is 5.57. The van der Waals surface area contributed by atoms with E-state index in [4.69, 9.17) is 9.47 Å². The van der Waals surface area contributed by atoms with E-state index in [0.717, 1.165) is 6.42 Å². The molecule has 1 atom stereocenters. The third-order valence-corrected chi connectivity index (χ3v) is 4.60. The average molecular weight is 411 g/mol. The maximum atomic E-state index is 12.7. The van der Waals surface area contributed by atoms with Gasteiger partial charge in [0.1, 0.15) is 12.3 Å². The molecule has 1 N–H and O–H groups in total. The van der Waals surface area contributed by atoms with Crippen LogP contribution in [-0.2, 0) is 9.59 Å². The number of ketones is 1. The van der Waals surface area contributed by atoms with Crippen LogP contribution in [-0.4, -0.2) is 41.8 Å². The van der Waals surface area contributed by atoms with Crippen LogP contribution in [0.2, 0.25) is 0 Å². The molecule has 8 heteroatoms. The standard InChI is InChI=1S/C22H25N3O5/c1-4-7-17(26)15-9-10-18-16(12-15)25(22(28)14(3)30-18)13-20(27)24-21-19(29-5-2)8-6-11-23-21/h6,8-12,14H,4-5,7,13H2,1-3H3,(H,23,24,27). The smallest absolute Gasteiger partial charge is 0.268 e. The Morgan fingerprint density at radius 2 is 2.07 bits per heavy atom. The lowest BCUT2D eigenvalue weighted by Gasteiger charge is -2.32. The van der Waals surface area contributed by atoms with Crippen LogP contribution < -0.4 is 19.7 Å². The fourth-order valence-corrected chi connectivity index (χ4v) is 3.19. The summed E-state index contributed by atoms with van der Waals surface area (Å²) in [7, 11) is 0. The van der Waals surface area contributed by atoms with E-state index in [0.29, 0.717) is 35.8 Å². The second-order valence-electron chi connectivity index (χ2n) is 6.87. The molecular weight excluding hydrogens is 386 g/mol. The number of carbonyl (C=O) groups excluding carboxylic acids is 3. The molecule has 8 nitrogen and oxygen atoms in total. The normalized spacial score (nSPS) is 15.2. The molecule has 1 aromatic carbocycles. The molecule has 158 valence electrons. The molecule has 0 fully saturated rings. The van der Waals surface area contributed by atoms with Crippen molar-refractivity contribution >= 4 is 29.1 Å². The number of nitrogens with one attached hydrogen (secondary N) is 1. The Balaban J connectivity index is 1.85. The van der Waals surface area contributed by atoms with E-state index in [2.05, 4.69) is 10.3 Å².